The van der Waals surface area contributed by atoms with Gasteiger partial charge in [-0.25, -0.2) is 0 Å². The summed E-state index contributed by atoms with van der Waals surface area (Å²) in [4.78, 5) is 14.6. The number of methoxy groups -OCH3 is 3. The van der Waals surface area contributed by atoms with E-state index in [0.29, 0.717) is 38.2 Å². The first-order valence-electron chi connectivity index (χ1n) is 5.95. The highest BCUT2D eigenvalue weighted by molar-refractivity contribution is 5.38. The van der Waals surface area contributed by atoms with Crippen molar-refractivity contribution in [1.29, 1.82) is 0 Å². The molecule has 1 rings (SSSR count). The van der Waals surface area contributed by atoms with E-state index in [-0.39, 0.29) is 6.01 Å². The Kier molecular flexibility index (Phi) is 6.83. The lowest BCUT2D eigenvalue weighted by atomic mass is 10.5. The van der Waals surface area contributed by atoms with Crippen LogP contribution in [0.3, 0.4) is 0 Å². The second-order valence-electron chi connectivity index (χ2n) is 3.67. The van der Waals surface area contributed by atoms with Crippen molar-refractivity contribution in [2.75, 3.05) is 64.9 Å². The number of nitrogens with zero attached hydrogens (tertiary/aromatic N) is 4. The van der Waals surface area contributed by atoms with Crippen LogP contribution in [0.25, 0.3) is 0 Å². The molecule has 1 aromatic heterocycles. The first-order valence-corrected chi connectivity index (χ1v) is 5.95. The summed E-state index contributed by atoms with van der Waals surface area (Å²) in [6.45, 7) is 2.48. The summed E-state index contributed by atoms with van der Waals surface area (Å²) < 4.78 is 15.2. The van der Waals surface area contributed by atoms with Crippen LogP contribution in [0.1, 0.15) is 0 Å². The third-order valence-corrected chi connectivity index (χ3v) is 2.42. The van der Waals surface area contributed by atoms with E-state index < -0.39 is 0 Å². The molecule has 0 radical (unpaired) electrons. The van der Waals surface area contributed by atoms with Crippen molar-refractivity contribution in [1.82, 2.24) is 15.0 Å². The molecule has 0 amide bonds. The summed E-state index contributed by atoms with van der Waals surface area (Å²) in [6.07, 6.45) is 0. The molecule has 0 aliphatic rings. The van der Waals surface area contributed by atoms with Crippen LogP contribution >= 0.6 is 0 Å². The van der Waals surface area contributed by atoms with E-state index in [1.54, 1.807) is 21.3 Å². The molecule has 0 saturated heterocycles. The molecule has 0 fully saturated rings. The fourth-order valence-corrected chi connectivity index (χ4v) is 1.41. The van der Waals surface area contributed by atoms with Crippen LogP contribution in [0.2, 0.25) is 0 Å². The van der Waals surface area contributed by atoms with Crippen LogP contribution in [-0.2, 0) is 9.47 Å². The van der Waals surface area contributed by atoms with Gasteiger partial charge in [0.25, 0.3) is 0 Å². The van der Waals surface area contributed by atoms with Gasteiger partial charge in [-0.3, -0.25) is 0 Å². The molecule has 0 aliphatic heterocycles. The Labute approximate surface area is 113 Å². The maximum atomic E-state index is 5.09. The second kappa shape index (κ2) is 8.44. The fraction of sp³-hybridized carbons (Fsp3) is 0.727. The molecular formula is C11H21N5O3. The monoisotopic (exact) mass is 271 g/mol. The van der Waals surface area contributed by atoms with Gasteiger partial charge in [-0.15, -0.1) is 0 Å². The number of rotatable bonds is 9. The van der Waals surface area contributed by atoms with Crippen molar-refractivity contribution in [2.24, 2.45) is 0 Å². The normalized spacial score (nSPS) is 10.3. The van der Waals surface area contributed by atoms with Gasteiger partial charge >= 0.3 is 6.01 Å². The Bertz CT molecular complexity index is 347. The Morgan fingerprint density at radius 2 is 1.63 bits per heavy atom. The standard InChI is InChI=1S/C11H21N5O3/c1-12-9-13-10(15-11(14-9)19-4)16(5-7-17-2)6-8-18-3/h5-8H2,1-4H3,(H,12,13,14,15). The van der Waals surface area contributed by atoms with Crippen molar-refractivity contribution < 1.29 is 14.2 Å². The van der Waals surface area contributed by atoms with Crippen molar-refractivity contribution in [3.8, 4) is 6.01 Å². The lowest BCUT2D eigenvalue weighted by Crippen LogP contribution is -2.32. The first-order chi connectivity index (χ1) is 9.24. The van der Waals surface area contributed by atoms with Crippen LogP contribution in [0.4, 0.5) is 11.9 Å². The van der Waals surface area contributed by atoms with Crippen molar-refractivity contribution in [3.63, 3.8) is 0 Å². The maximum absolute atomic E-state index is 5.09. The minimum absolute atomic E-state index is 0.272. The second-order valence-corrected chi connectivity index (χ2v) is 3.67. The molecule has 8 heteroatoms. The van der Waals surface area contributed by atoms with E-state index in [1.807, 2.05) is 4.90 Å². The molecule has 1 N–H and O–H groups in total. The van der Waals surface area contributed by atoms with Gasteiger partial charge in [0, 0.05) is 34.4 Å². The van der Waals surface area contributed by atoms with E-state index in [2.05, 4.69) is 20.3 Å². The third kappa shape index (κ3) is 4.84. The Morgan fingerprint density at radius 3 is 2.11 bits per heavy atom. The molecule has 0 unspecified atom stereocenters. The predicted octanol–water partition coefficient (Wildman–Crippen LogP) is 0.0211. The van der Waals surface area contributed by atoms with Gasteiger partial charge in [-0.05, 0) is 0 Å². The summed E-state index contributed by atoms with van der Waals surface area (Å²) >= 11 is 0. The largest absolute Gasteiger partial charge is 0.467 e. The van der Waals surface area contributed by atoms with Crippen LogP contribution in [0.5, 0.6) is 6.01 Å². The number of aromatic nitrogens is 3. The molecule has 1 heterocycles. The van der Waals surface area contributed by atoms with Crippen LogP contribution in [-0.4, -0.2) is 69.6 Å². The number of anilines is 2. The average molecular weight is 271 g/mol. The summed E-state index contributed by atoms with van der Waals surface area (Å²) in [5.41, 5.74) is 0. The van der Waals surface area contributed by atoms with Gasteiger partial charge in [0.15, 0.2) is 0 Å². The molecule has 108 valence electrons. The minimum atomic E-state index is 0.272. The lowest BCUT2D eigenvalue weighted by molar-refractivity contribution is 0.189. The molecule has 8 nitrogen and oxygen atoms in total. The number of nitrogens with one attached hydrogen (secondary N) is 1. The van der Waals surface area contributed by atoms with E-state index in [0.717, 1.165) is 0 Å². The zero-order valence-electron chi connectivity index (χ0n) is 11.8. The predicted molar refractivity (Wildman–Crippen MR) is 71.9 cm³/mol. The zero-order chi connectivity index (χ0) is 14.1. The quantitative estimate of drug-likeness (QED) is 0.673. The summed E-state index contributed by atoms with van der Waals surface area (Å²) in [5, 5.41) is 2.88. The molecule has 1 aromatic rings. The van der Waals surface area contributed by atoms with Crippen molar-refractivity contribution in [2.45, 2.75) is 0 Å². The van der Waals surface area contributed by atoms with Gasteiger partial charge in [-0.2, -0.15) is 15.0 Å². The van der Waals surface area contributed by atoms with Gasteiger partial charge in [0.1, 0.15) is 0 Å². The maximum Gasteiger partial charge on any atom is 0.322 e. The van der Waals surface area contributed by atoms with Gasteiger partial charge in [-0.1, -0.05) is 0 Å². The smallest absolute Gasteiger partial charge is 0.322 e. The highest BCUT2D eigenvalue weighted by Gasteiger charge is 2.13. The minimum Gasteiger partial charge on any atom is -0.467 e. The Balaban J connectivity index is 2.91. The van der Waals surface area contributed by atoms with Crippen LogP contribution in [0.15, 0.2) is 0 Å². The highest BCUT2D eigenvalue weighted by atomic mass is 16.5. The summed E-state index contributed by atoms with van der Waals surface area (Å²) in [6, 6.07) is 0.272. The number of ether oxygens (including phenoxy) is 3. The molecular weight excluding hydrogens is 250 g/mol. The number of hydrogen-bond donors (Lipinski definition) is 1. The van der Waals surface area contributed by atoms with E-state index in [1.165, 1.54) is 7.11 Å². The van der Waals surface area contributed by atoms with Crippen LogP contribution in [0, 0.1) is 0 Å². The van der Waals surface area contributed by atoms with Gasteiger partial charge in [0.2, 0.25) is 11.9 Å². The van der Waals surface area contributed by atoms with E-state index in [4.69, 9.17) is 14.2 Å². The Hall–Kier alpha value is -1.67. The van der Waals surface area contributed by atoms with E-state index in [9.17, 15) is 0 Å². The van der Waals surface area contributed by atoms with Crippen LogP contribution < -0.4 is 15.0 Å². The molecule has 0 atom stereocenters. The van der Waals surface area contributed by atoms with E-state index >= 15 is 0 Å². The first kappa shape index (κ1) is 15.4. The molecule has 19 heavy (non-hydrogen) atoms. The molecule has 0 aliphatic carbocycles. The fourth-order valence-electron chi connectivity index (χ4n) is 1.41. The average Bonchev–Trinajstić information content (AvgIpc) is 2.46. The van der Waals surface area contributed by atoms with Gasteiger partial charge < -0.3 is 24.4 Å². The Morgan fingerprint density at radius 1 is 1.00 bits per heavy atom. The zero-order valence-corrected chi connectivity index (χ0v) is 11.8. The lowest BCUT2D eigenvalue weighted by Gasteiger charge is -2.22. The highest BCUT2D eigenvalue weighted by Crippen LogP contribution is 2.14. The van der Waals surface area contributed by atoms with Gasteiger partial charge in [0.05, 0.1) is 20.3 Å². The van der Waals surface area contributed by atoms with Crippen molar-refractivity contribution in [3.05, 3.63) is 0 Å². The molecule has 0 bridgehead atoms. The topological polar surface area (TPSA) is 81.6 Å². The number of hydrogen-bond acceptors (Lipinski definition) is 8. The molecule has 0 aromatic carbocycles. The van der Waals surface area contributed by atoms with Crippen molar-refractivity contribution >= 4 is 11.9 Å². The molecule has 0 spiro atoms. The molecule has 0 saturated carbocycles. The third-order valence-electron chi connectivity index (χ3n) is 2.42. The SMILES string of the molecule is CNc1nc(OC)nc(N(CCOC)CCOC)n1. The summed E-state index contributed by atoms with van der Waals surface area (Å²) in [7, 11) is 6.57. The summed E-state index contributed by atoms with van der Waals surface area (Å²) in [5.74, 6) is 0.993.